The highest BCUT2D eigenvalue weighted by Gasteiger charge is 2.35. The second kappa shape index (κ2) is 37.3. The van der Waals surface area contributed by atoms with Gasteiger partial charge in [-0.1, -0.05) is 84.9 Å². The van der Waals surface area contributed by atoms with Crippen LogP contribution in [0.3, 0.4) is 0 Å². The average Bonchev–Trinajstić information content (AvgIpc) is 1.53. The zero-order valence-electron chi connectivity index (χ0n) is 73.1. The number of aryl methyl sites for hydroxylation is 2. The fourth-order valence-corrected chi connectivity index (χ4v) is 17.5. The Kier molecular flexibility index (Phi) is 23.8. The third kappa shape index (κ3) is 17.7. The zero-order valence-corrected chi connectivity index (χ0v) is 73.1. The zero-order chi connectivity index (χ0) is 93.4. The van der Waals surface area contributed by atoms with E-state index in [0.29, 0.717) is 118 Å². The summed E-state index contributed by atoms with van der Waals surface area (Å²) in [4.78, 5) is 99.8. The van der Waals surface area contributed by atoms with Crippen molar-refractivity contribution in [2.45, 2.75) is 72.4 Å². The molecule has 0 atom stereocenters. The summed E-state index contributed by atoms with van der Waals surface area (Å²) in [6.45, 7) is 5.43. The van der Waals surface area contributed by atoms with Crippen LogP contribution in [0.25, 0.3) is 77.8 Å². The highest BCUT2D eigenvalue weighted by Crippen LogP contribution is 2.39. The van der Waals surface area contributed by atoms with Crippen molar-refractivity contribution in [3.8, 4) is 67.3 Å². The van der Waals surface area contributed by atoms with E-state index in [0.717, 1.165) is 95.2 Å². The number of rotatable bonds is 15. The number of carbonyl (C=O) groups excluding carboxylic acids is 5. The van der Waals surface area contributed by atoms with Gasteiger partial charge >= 0.3 is 0 Å². The van der Waals surface area contributed by atoms with Crippen LogP contribution >= 0.6 is 0 Å². The third-order valence-electron chi connectivity index (χ3n) is 24.7. The Bertz CT molecular complexity index is 7760. The molecule has 23 nitrogen and oxygen atoms in total. The monoisotopic (exact) mass is 1810 g/mol. The van der Waals surface area contributed by atoms with E-state index in [4.69, 9.17) is 9.47 Å². The van der Waals surface area contributed by atoms with E-state index < -0.39 is 11.6 Å². The lowest BCUT2D eigenvalue weighted by Crippen LogP contribution is -2.24. The Hall–Kier alpha value is -17.1. The van der Waals surface area contributed by atoms with Gasteiger partial charge in [0.05, 0.1) is 119 Å². The molecule has 0 aliphatic carbocycles. The first-order valence-electron chi connectivity index (χ1n) is 43.7. The molecule has 0 saturated carbocycles. The molecule has 0 N–H and O–H groups in total. The van der Waals surface area contributed by atoms with Gasteiger partial charge < -0.3 is 38.4 Å². The number of imidazole rings is 1. The molecular weight excluding hydrogens is 1740 g/mol. The number of halogens is 6. The van der Waals surface area contributed by atoms with Gasteiger partial charge in [0, 0.05) is 145 Å². The first-order chi connectivity index (χ1) is 66.2. The largest absolute Gasteiger partial charge is 0.486 e. The number of benzene rings is 7. The fraction of sp³-hybridized carbons (Fsp3) is 0.131. The van der Waals surface area contributed by atoms with Crippen molar-refractivity contribution >= 4 is 51.6 Å². The van der Waals surface area contributed by atoms with E-state index >= 15 is 0 Å². The van der Waals surface area contributed by atoms with E-state index in [1.807, 2.05) is 138 Å². The van der Waals surface area contributed by atoms with E-state index in [1.54, 1.807) is 177 Å². The van der Waals surface area contributed by atoms with Gasteiger partial charge in [0.2, 0.25) is 0 Å². The summed E-state index contributed by atoms with van der Waals surface area (Å²) in [5.74, 6) is -2.23. The number of amides is 5. The molecule has 18 aromatic rings. The second-order valence-corrected chi connectivity index (χ2v) is 33.3. The van der Waals surface area contributed by atoms with Crippen LogP contribution in [0.2, 0.25) is 0 Å². The third-order valence-corrected chi connectivity index (χ3v) is 24.7. The summed E-state index contributed by atoms with van der Waals surface area (Å²) >= 11 is 0. The van der Waals surface area contributed by atoms with Crippen LogP contribution < -0.4 is 9.47 Å². The predicted molar refractivity (Wildman–Crippen MR) is 496 cm³/mol. The first-order valence-corrected chi connectivity index (χ1v) is 43.7. The number of nitrogens with zero attached hydrogens (tertiary/aromatic N) is 16. The van der Waals surface area contributed by atoms with Gasteiger partial charge in [0.1, 0.15) is 53.8 Å². The Morgan fingerprint density at radius 3 is 1.25 bits per heavy atom. The maximum absolute atomic E-state index is 14.9. The molecule has 7 aromatic carbocycles. The summed E-state index contributed by atoms with van der Waals surface area (Å²) < 4.78 is 105. The maximum Gasteiger partial charge on any atom is 0.256 e. The van der Waals surface area contributed by atoms with Gasteiger partial charge in [-0.3, -0.25) is 63.0 Å². The molecule has 5 amide bonds. The molecule has 0 unspecified atom stereocenters. The summed E-state index contributed by atoms with van der Waals surface area (Å²) in [5, 5.41) is 5.27. The van der Waals surface area contributed by atoms with Crippen LogP contribution in [0, 0.1) is 41.8 Å². The van der Waals surface area contributed by atoms with Gasteiger partial charge in [-0.05, 0) is 198 Å². The van der Waals surface area contributed by atoms with Crippen molar-refractivity contribution in [2.75, 3.05) is 13.2 Å². The molecular formula is C107H80F6N16O7. The van der Waals surface area contributed by atoms with E-state index in [1.165, 1.54) is 41.3 Å². The number of fused-ring (bicyclic) bond motifs is 9. The molecule has 0 saturated heterocycles. The highest BCUT2D eigenvalue weighted by molar-refractivity contribution is 6.01. The number of ether oxygens (including phenoxy) is 2. The van der Waals surface area contributed by atoms with Gasteiger partial charge in [-0.2, -0.15) is 5.10 Å². The van der Waals surface area contributed by atoms with Crippen molar-refractivity contribution in [3.63, 3.8) is 0 Å². The van der Waals surface area contributed by atoms with Crippen molar-refractivity contribution in [1.29, 1.82) is 0 Å². The number of aromatic nitrogens is 11. The Balaban J connectivity index is 0.000000105. The minimum atomic E-state index is -0.702. The van der Waals surface area contributed by atoms with E-state index in [9.17, 15) is 50.3 Å². The lowest BCUT2D eigenvalue weighted by molar-refractivity contribution is 0.0756. The van der Waals surface area contributed by atoms with Crippen LogP contribution in [-0.4, -0.2) is 121 Å². The van der Waals surface area contributed by atoms with Crippen LogP contribution in [0.15, 0.2) is 305 Å². The number of pyridine rings is 8. The average molecular weight is 1820 g/mol. The van der Waals surface area contributed by atoms with Crippen molar-refractivity contribution in [3.05, 3.63) is 429 Å². The van der Waals surface area contributed by atoms with Crippen LogP contribution in [-0.2, 0) is 72.5 Å². The van der Waals surface area contributed by atoms with Gasteiger partial charge in [-0.15, -0.1) is 0 Å². The molecule has 136 heavy (non-hydrogen) atoms. The van der Waals surface area contributed by atoms with Crippen molar-refractivity contribution < 1.29 is 59.8 Å². The van der Waals surface area contributed by atoms with Crippen molar-refractivity contribution in [1.82, 2.24) is 78.0 Å². The molecule has 0 spiro atoms. The molecule has 672 valence electrons. The normalized spacial score (nSPS) is 13.6. The molecule has 0 fully saturated rings. The minimum Gasteiger partial charge on any atom is -0.486 e. The summed E-state index contributed by atoms with van der Waals surface area (Å²) in [7, 11) is 1.88. The summed E-state index contributed by atoms with van der Waals surface area (Å²) in [5.41, 5.74) is 19.8. The lowest BCUT2D eigenvalue weighted by atomic mass is 10.00. The summed E-state index contributed by atoms with van der Waals surface area (Å²) in [6, 6.07) is 69.0. The van der Waals surface area contributed by atoms with Gasteiger partial charge in [-0.25, -0.2) is 31.3 Å². The SMILES string of the molecule is Cc1ccc(-c2ccc(CN3Cc4ncccc4C3=O)c(F)c2)cn1.Cn1ncc2c(-c3ccc(CN4Cc5ncccc5C4=O)c(F)c3)cccc21.O=C1c2cccnc2CN1Cc1c(F)cc(-c2ccc3c(c2)OCCO3)cc1F.O=C1c2cccnc2CN1Cc1ccc(-c2ccc3cccn3c2)cc1F.O=C1c2cccnc2CN1Cc1ccc(-c2cnc3ccccn23)cc1F. The molecule has 17 heterocycles. The number of carbonyl (C=O) groups is 5. The number of hydrogen-bond acceptors (Lipinski definition) is 15. The molecule has 6 aliphatic rings. The van der Waals surface area contributed by atoms with Crippen LogP contribution in [0.4, 0.5) is 26.3 Å². The second-order valence-electron chi connectivity index (χ2n) is 33.3. The molecule has 29 heteroatoms. The maximum atomic E-state index is 14.9. The van der Waals surface area contributed by atoms with E-state index in [2.05, 4.69) is 40.0 Å². The molecule has 24 rings (SSSR count). The molecule has 0 bridgehead atoms. The van der Waals surface area contributed by atoms with Gasteiger partial charge in [0.25, 0.3) is 29.5 Å². The molecule has 0 radical (unpaired) electrons. The standard InChI is InChI=1S/C22H16F2N2O3.C22H17FN4O.C22H16FN3O.C21H15FN4O.C20H16FN3O/c23-17-8-14(13-3-4-20-21(10-13)29-7-6-28-20)9-18(24)16(17)11-26-12-19-15(22(26)27)2-1-5-25-19;1-26-21-6-2-4-16(18(21)11-25-26)14-7-8-15(19(23)10-14)12-27-13-20-17(22(27)28)5-3-9-24-20;23-20-11-15(16-7-8-18-3-2-10-25(18)12-16)5-6-17(20)13-26-14-21-19(22(26)27)4-1-9-24-21;22-17-10-14(19-11-24-20-5-1-2-9-26(19)20)6-7-15(17)12-25-13-18-16(21(25)27)4-3-8-23-18;1-13-4-5-15(10-23-13)14-6-7-16(18(21)9-14)11-24-12-19-17(20(24)25)3-2-8-22-19/h1-5,8-10H,6-7,11-12H2;2-11H,12-13H2,1H3;1-12H,13-14H2;1-11H,12-13H2;2-10H,11-12H2,1H3. The first kappa shape index (κ1) is 86.9. The Labute approximate surface area is 774 Å². The Morgan fingerprint density at radius 1 is 0.331 bits per heavy atom. The highest BCUT2D eigenvalue weighted by atomic mass is 19.2. The topological polar surface area (TPSA) is 237 Å². The fourth-order valence-electron chi connectivity index (χ4n) is 17.5. The number of hydrogen-bond donors (Lipinski definition) is 0. The predicted octanol–water partition coefficient (Wildman–Crippen LogP) is 19.6. The molecule has 11 aromatic heterocycles. The quantitative estimate of drug-likeness (QED) is 0.0868. The smallest absolute Gasteiger partial charge is 0.256 e. The van der Waals surface area contributed by atoms with Crippen molar-refractivity contribution in [2.24, 2.45) is 7.05 Å². The van der Waals surface area contributed by atoms with Crippen LogP contribution in [0.5, 0.6) is 11.5 Å². The van der Waals surface area contributed by atoms with Gasteiger partial charge in [0.15, 0.2) is 11.5 Å². The van der Waals surface area contributed by atoms with E-state index in [-0.39, 0.29) is 97.6 Å². The van der Waals surface area contributed by atoms with Crippen LogP contribution in [0.1, 0.15) is 114 Å². The lowest BCUT2D eigenvalue weighted by Gasteiger charge is -2.19. The molecule has 6 aliphatic heterocycles. The minimum absolute atomic E-state index is 0.0976. The summed E-state index contributed by atoms with van der Waals surface area (Å²) in [6.07, 6.45) is 19.4. The Morgan fingerprint density at radius 2 is 0.757 bits per heavy atom.